The van der Waals surface area contributed by atoms with Gasteiger partial charge in [0.15, 0.2) is 0 Å². The maximum Gasteiger partial charge on any atom is 0.0640 e. The lowest BCUT2D eigenvalue weighted by Crippen LogP contribution is -2.13. The lowest BCUT2D eigenvalue weighted by Gasteiger charge is -2.29. The van der Waals surface area contributed by atoms with Crippen LogP contribution in [-0.4, -0.2) is 9.13 Å². The van der Waals surface area contributed by atoms with Crippen LogP contribution in [-0.2, 0) is 0 Å². The number of thiophene rings is 3. The van der Waals surface area contributed by atoms with E-state index in [1.807, 2.05) is 34.0 Å². The van der Waals surface area contributed by atoms with Gasteiger partial charge in [0.2, 0.25) is 0 Å². The Labute approximate surface area is 759 Å². The van der Waals surface area contributed by atoms with Gasteiger partial charge in [0, 0.05) is 141 Å². The van der Waals surface area contributed by atoms with Crippen molar-refractivity contribution in [2.45, 2.75) is 0 Å². The van der Waals surface area contributed by atoms with Gasteiger partial charge < -0.3 is 28.7 Å². The van der Waals surface area contributed by atoms with E-state index in [1.54, 1.807) is 0 Å². The molecule has 0 unspecified atom stereocenters. The number of anilines is 12. The molecule has 25 aromatic rings. The van der Waals surface area contributed by atoms with Crippen LogP contribution in [0.1, 0.15) is 0 Å². The standard InChI is InChI=1S/C60H39N3S2.C60H41N3S/c1-4-16-42(17-5-1)61(43-18-6-2-7-19-43)45-22-14-23-46(38-45)62(47-32-34-51-50-25-11-13-29-57(50)64-59(51)39-47)55-28-15-26-52-53-36-40(31-35-58(53)65-60(52)55)41-30-33-49-48-24-10-12-27-54(48)63(56(49)37-41)44-20-8-3-9-21-44;1-5-17-42(18-6-1)43-31-35-49(36-32-43)62(51-26-15-25-50(41-51)61(46-19-7-2-8-20-46)47-21-9-3-10-22-47)57-30-16-28-54-55-39-44(34-38-59(55)64-60(54)57)45-33-37-53-52-27-13-14-29-56(52)63(58(53)40-45)48-23-11-4-12-24-48/h1-39H;1-41H. The maximum atomic E-state index is 2.47. The largest absolute Gasteiger partial charge is 0.310 e. The Hall–Kier alpha value is -16.1. The highest BCUT2D eigenvalue weighted by Crippen LogP contribution is 2.52. The first-order chi connectivity index (χ1) is 64.0. The monoisotopic (exact) mass is 1700 g/mol. The van der Waals surface area contributed by atoms with Crippen LogP contribution in [0.25, 0.3) is 149 Å². The zero-order valence-corrected chi connectivity index (χ0v) is 72.5. The molecular weight excluding hydrogens is 1620 g/mol. The van der Waals surface area contributed by atoms with Gasteiger partial charge in [-0.05, 0) is 234 Å². The second-order valence-electron chi connectivity index (χ2n) is 32.7. The quantitative estimate of drug-likeness (QED) is 0.0906. The Kier molecular flexibility index (Phi) is 19.4. The van der Waals surface area contributed by atoms with Crippen LogP contribution in [0.2, 0.25) is 0 Å². The number of benzene rings is 20. The molecule has 0 radical (unpaired) electrons. The smallest absolute Gasteiger partial charge is 0.0640 e. The third kappa shape index (κ3) is 13.9. The van der Waals surface area contributed by atoms with E-state index in [1.165, 1.54) is 138 Å². The third-order valence-corrected chi connectivity index (χ3v) is 28.6. The summed E-state index contributed by atoms with van der Waals surface area (Å²) < 4.78 is 12.4. The van der Waals surface area contributed by atoms with Crippen molar-refractivity contribution in [2.24, 2.45) is 0 Å². The van der Waals surface area contributed by atoms with Crippen molar-refractivity contribution < 1.29 is 0 Å². The first-order valence-corrected chi connectivity index (χ1v) is 46.2. The molecule has 0 bridgehead atoms. The Bertz CT molecular complexity index is 8420. The molecule has 0 amide bonds. The number of fused-ring (bicyclic) bond motifs is 15. The second kappa shape index (κ2) is 32.8. The van der Waals surface area contributed by atoms with Crippen LogP contribution in [0.5, 0.6) is 0 Å². The minimum absolute atomic E-state index is 1.08. The van der Waals surface area contributed by atoms with Crippen molar-refractivity contribution in [3.8, 4) is 44.8 Å². The summed E-state index contributed by atoms with van der Waals surface area (Å²) in [4.78, 5) is 9.57. The minimum Gasteiger partial charge on any atom is -0.310 e. The lowest BCUT2D eigenvalue weighted by atomic mass is 10.0. The van der Waals surface area contributed by atoms with Gasteiger partial charge in [-0.1, -0.05) is 285 Å². The fraction of sp³-hybridized carbons (Fsp3) is 0. The topological polar surface area (TPSA) is 22.8 Å². The van der Waals surface area contributed by atoms with Gasteiger partial charge in [0.25, 0.3) is 0 Å². The summed E-state index contributed by atoms with van der Waals surface area (Å²) in [5.41, 5.74) is 27.6. The fourth-order valence-electron chi connectivity index (χ4n) is 19.2. The Morgan fingerprint density at radius 3 is 0.907 bits per heavy atom. The number of aromatic nitrogens is 2. The maximum absolute atomic E-state index is 2.47. The zero-order chi connectivity index (χ0) is 85.2. The van der Waals surface area contributed by atoms with Crippen molar-refractivity contribution >= 4 is 206 Å². The number of nitrogens with zero attached hydrogens (tertiary/aromatic N) is 6. The van der Waals surface area contributed by atoms with Gasteiger partial charge in [-0.25, -0.2) is 0 Å². The summed E-state index contributed by atoms with van der Waals surface area (Å²) in [6.07, 6.45) is 0. The number of hydrogen-bond acceptors (Lipinski definition) is 7. The predicted octanol–water partition coefficient (Wildman–Crippen LogP) is 35.6. The SMILES string of the molecule is c1ccc(-c2ccc(N(c3cccc(N(c4ccccc4)c4ccccc4)c3)c3cccc4c3sc3ccc(-c5ccc6c7ccccc7n(-c7ccccc7)c6c5)cc34)cc2)cc1.c1ccc(N(c2ccccc2)c2cccc(N(c3ccc4c(c3)sc3ccccc34)c3cccc4c3sc3ccc(-c5ccc6c7ccccc7n(-c7ccccc7)c6c5)cc34)c2)cc1. The van der Waals surface area contributed by atoms with Crippen molar-refractivity contribution in [1.29, 1.82) is 0 Å². The van der Waals surface area contributed by atoms with E-state index in [2.05, 4.69) is 514 Å². The predicted molar refractivity (Wildman–Crippen MR) is 555 cm³/mol. The van der Waals surface area contributed by atoms with Gasteiger partial charge in [0.05, 0.1) is 42.8 Å². The Balaban J connectivity index is 0.000000143. The zero-order valence-electron chi connectivity index (χ0n) is 70.1. The molecule has 0 saturated heterocycles. The molecule has 129 heavy (non-hydrogen) atoms. The lowest BCUT2D eigenvalue weighted by molar-refractivity contribution is 1.18. The van der Waals surface area contributed by atoms with Crippen LogP contribution in [0.4, 0.5) is 68.2 Å². The summed E-state index contributed by atoms with van der Waals surface area (Å²) in [6.45, 7) is 0. The molecule has 0 atom stereocenters. The molecule has 20 aromatic carbocycles. The highest BCUT2D eigenvalue weighted by molar-refractivity contribution is 7.27. The van der Waals surface area contributed by atoms with Gasteiger partial charge >= 0.3 is 0 Å². The number of rotatable bonds is 17. The first-order valence-electron chi connectivity index (χ1n) is 43.7. The van der Waals surface area contributed by atoms with Crippen LogP contribution >= 0.6 is 34.0 Å². The highest BCUT2D eigenvalue weighted by atomic mass is 32.1. The van der Waals surface area contributed by atoms with E-state index in [9.17, 15) is 0 Å². The van der Waals surface area contributed by atoms with E-state index in [0.717, 1.165) is 79.6 Å². The van der Waals surface area contributed by atoms with E-state index in [0.29, 0.717) is 0 Å². The number of para-hydroxylation sites is 8. The molecule has 0 aliphatic carbocycles. The molecule has 0 aliphatic rings. The summed E-state index contributed by atoms with van der Waals surface area (Å²) in [5, 5.41) is 12.7. The number of hydrogen-bond donors (Lipinski definition) is 0. The van der Waals surface area contributed by atoms with Gasteiger partial charge in [-0.15, -0.1) is 34.0 Å². The van der Waals surface area contributed by atoms with Crippen LogP contribution in [0.15, 0.2) is 485 Å². The molecule has 0 N–H and O–H groups in total. The van der Waals surface area contributed by atoms with Gasteiger partial charge in [0.1, 0.15) is 0 Å². The van der Waals surface area contributed by atoms with Gasteiger partial charge in [-0.3, -0.25) is 0 Å². The summed E-state index contributed by atoms with van der Waals surface area (Å²) in [5.74, 6) is 0. The molecule has 0 saturated carbocycles. The summed E-state index contributed by atoms with van der Waals surface area (Å²) >= 11 is 5.60. The summed E-state index contributed by atoms with van der Waals surface area (Å²) in [7, 11) is 0. The average molecular weight is 1700 g/mol. The summed E-state index contributed by atoms with van der Waals surface area (Å²) in [6, 6.07) is 176. The van der Waals surface area contributed by atoms with Crippen molar-refractivity contribution in [1.82, 2.24) is 9.13 Å². The van der Waals surface area contributed by atoms with Gasteiger partial charge in [-0.2, -0.15) is 0 Å². The average Bonchev–Trinajstić information content (AvgIpc) is 1.60. The van der Waals surface area contributed by atoms with E-state index < -0.39 is 0 Å². The molecule has 0 spiro atoms. The molecule has 5 heterocycles. The normalized spacial score (nSPS) is 11.6. The van der Waals surface area contributed by atoms with E-state index in [4.69, 9.17) is 0 Å². The molecule has 9 heteroatoms. The van der Waals surface area contributed by atoms with E-state index >= 15 is 0 Å². The third-order valence-electron chi connectivity index (χ3n) is 25.1. The molecule has 5 aromatic heterocycles. The fourth-order valence-corrected chi connectivity index (χ4v) is 22.7. The Morgan fingerprint density at radius 2 is 0.442 bits per heavy atom. The van der Waals surface area contributed by atoms with Crippen LogP contribution in [0.3, 0.4) is 0 Å². The van der Waals surface area contributed by atoms with Crippen molar-refractivity contribution in [2.75, 3.05) is 19.6 Å². The van der Waals surface area contributed by atoms with Crippen molar-refractivity contribution in [3.05, 3.63) is 485 Å². The van der Waals surface area contributed by atoms with E-state index in [-0.39, 0.29) is 0 Å². The molecule has 25 rings (SSSR count). The molecule has 6 nitrogen and oxygen atoms in total. The highest BCUT2D eigenvalue weighted by Gasteiger charge is 2.26. The molecule has 0 fully saturated rings. The molecule has 608 valence electrons. The molecular formula is C120H80N6S3. The van der Waals surface area contributed by atoms with Crippen LogP contribution in [0, 0.1) is 0 Å². The van der Waals surface area contributed by atoms with Crippen molar-refractivity contribution in [3.63, 3.8) is 0 Å². The van der Waals surface area contributed by atoms with Crippen LogP contribution < -0.4 is 19.6 Å². The first kappa shape index (κ1) is 76.5. The minimum atomic E-state index is 1.08. The second-order valence-corrected chi connectivity index (χ2v) is 35.9. The molecule has 0 aliphatic heterocycles. The Morgan fingerprint density at radius 1 is 0.147 bits per heavy atom.